The molecule has 2 heterocycles. The van der Waals surface area contributed by atoms with E-state index in [0.29, 0.717) is 11.1 Å². The van der Waals surface area contributed by atoms with Crippen LogP contribution in [0.1, 0.15) is 37.8 Å². The van der Waals surface area contributed by atoms with Crippen molar-refractivity contribution < 1.29 is 0 Å². The highest BCUT2D eigenvalue weighted by molar-refractivity contribution is 6.30. The van der Waals surface area contributed by atoms with Crippen molar-refractivity contribution in [2.75, 3.05) is 5.32 Å². The van der Waals surface area contributed by atoms with Gasteiger partial charge in [-0.15, -0.1) is 0 Å². The molecule has 2 aliphatic carbocycles. The molecule has 0 bridgehead atoms. The average Bonchev–Trinajstić information content (AvgIpc) is 2.90. The van der Waals surface area contributed by atoms with Crippen LogP contribution in [0.5, 0.6) is 0 Å². The Labute approximate surface area is 215 Å². The molecule has 1 aromatic heterocycles. The standard InChI is InChI=1S/C30H28ClN5/c1-20-24(11-7-17-32-20)34-26-18-28-30(19-27(26)33-22-8-3-2-4-9-22)36(23-15-13-21(31)14-16-23)29-12-6-5-10-25(29)35-28/h5-7,10-19,22,34H,2-4,8-9H2,1H3. The minimum Gasteiger partial charge on any atom is -0.352 e. The number of benzene rings is 3. The molecule has 180 valence electrons. The molecule has 1 fully saturated rings. The first-order chi connectivity index (χ1) is 17.7. The summed E-state index contributed by atoms with van der Waals surface area (Å²) in [5.74, 6) is 0. The van der Waals surface area contributed by atoms with Crippen molar-refractivity contribution in [3.8, 4) is 17.1 Å². The van der Waals surface area contributed by atoms with Crippen LogP contribution in [0.4, 0.5) is 11.4 Å². The summed E-state index contributed by atoms with van der Waals surface area (Å²) in [4.78, 5) is 14.8. The summed E-state index contributed by atoms with van der Waals surface area (Å²) in [5, 5.41) is 5.29. The monoisotopic (exact) mass is 493 g/mol. The van der Waals surface area contributed by atoms with Crippen molar-refractivity contribution in [3.05, 3.63) is 95.1 Å². The molecule has 36 heavy (non-hydrogen) atoms. The number of hydrogen-bond donors (Lipinski definition) is 1. The van der Waals surface area contributed by atoms with Gasteiger partial charge in [0.2, 0.25) is 0 Å². The predicted molar refractivity (Wildman–Crippen MR) is 147 cm³/mol. The number of aryl methyl sites for hydroxylation is 1. The fraction of sp³-hybridized carbons (Fsp3) is 0.233. The molecule has 6 heteroatoms. The molecule has 0 unspecified atom stereocenters. The van der Waals surface area contributed by atoms with Crippen LogP contribution in [0, 0.1) is 6.92 Å². The zero-order chi connectivity index (χ0) is 24.5. The van der Waals surface area contributed by atoms with Crippen molar-refractivity contribution in [1.29, 1.82) is 0 Å². The third kappa shape index (κ3) is 4.47. The van der Waals surface area contributed by atoms with Crippen LogP contribution in [0.3, 0.4) is 0 Å². The van der Waals surface area contributed by atoms with Gasteiger partial charge in [0.15, 0.2) is 0 Å². The molecule has 1 saturated carbocycles. The largest absolute Gasteiger partial charge is 0.352 e. The van der Waals surface area contributed by atoms with E-state index in [4.69, 9.17) is 21.6 Å². The Morgan fingerprint density at radius 2 is 1.72 bits per heavy atom. The number of nitrogens with one attached hydrogen (secondary N) is 1. The third-order valence-corrected chi connectivity index (χ3v) is 7.21. The lowest BCUT2D eigenvalue weighted by Crippen LogP contribution is -2.19. The number of pyridine rings is 1. The van der Waals surface area contributed by atoms with Crippen molar-refractivity contribution in [1.82, 2.24) is 14.5 Å². The molecule has 2 aromatic carbocycles. The van der Waals surface area contributed by atoms with Crippen LogP contribution >= 0.6 is 11.6 Å². The molecule has 3 aromatic rings. The van der Waals surface area contributed by atoms with Gasteiger partial charge in [0.05, 0.1) is 50.9 Å². The van der Waals surface area contributed by atoms with Gasteiger partial charge < -0.3 is 9.88 Å². The summed E-state index contributed by atoms with van der Waals surface area (Å²) in [5.41, 5.74) is 7.80. The van der Waals surface area contributed by atoms with Gasteiger partial charge in [0.1, 0.15) is 0 Å². The molecule has 5 nitrogen and oxygen atoms in total. The van der Waals surface area contributed by atoms with Crippen molar-refractivity contribution in [2.45, 2.75) is 45.1 Å². The topological polar surface area (TPSA) is 55.1 Å². The number of halogens is 1. The maximum absolute atomic E-state index is 6.23. The van der Waals surface area contributed by atoms with Crippen LogP contribution in [0.2, 0.25) is 5.02 Å². The normalized spacial score (nSPS) is 15.0. The number of rotatable bonds is 4. The molecule has 6 rings (SSSR count). The number of fused-ring (bicyclic) bond motifs is 2. The molecule has 1 aliphatic heterocycles. The molecule has 1 N–H and O–H groups in total. The maximum Gasteiger partial charge on any atom is 0.0900 e. The number of hydrogen-bond acceptors (Lipinski definition) is 4. The first-order valence-corrected chi connectivity index (χ1v) is 13.0. The van der Waals surface area contributed by atoms with E-state index in [1.54, 1.807) is 0 Å². The lowest BCUT2D eigenvalue weighted by molar-refractivity contribution is 0.437. The van der Waals surface area contributed by atoms with Crippen LogP contribution < -0.4 is 10.7 Å². The third-order valence-electron chi connectivity index (χ3n) is 6.95. The summed E-state index contributed by atoms with van der Waals surface area (Å²) in [6.07, 6.45) is 7.87. The van der Waals surface area contributed by atoms with Crippen LogP contribution in [-0.2, 0) is 0 Å². The fourth-order valence-electron chi connectivity index (χ4n) is 5.09. The van der Waals surface area contributed by atoms with Gasteiger partial charge in [-0.25, -0.2) is 4.98 Å². The Morgan fingerprint density at radius 3 is 2.53 bits per heavy atom. The smallest absolute Gasteiger partial charge is 0.0900 e. The van der Waals surface area contributed by atoms with E-state index in [1.807, 2.05) is 37.4 Å². The minimum atomic E-state index is 0.337. The van der Waals surface area contributed by atoms with E-state index >= 15 is 0 Å². The molecular weight excluding hydrogens is 466 g/mol. The van der Waals surface area contributed by atoms with E-state index in [9.17, 15) is 0 Å². The van der Waals surface area contributed by atoms with E-state index < -0.39 is 0 Å². The summed E-state index contributed by atoms with van der Waals surface area (Å²) in [6.45, 7) is 2.02. The van der Waals surface area contributed by atoms with E-state index in [0.717, 1.165) is 63.4 Å². The van der Waals surface area contributed by atoms with Gasteiger partial charge in [0, 0.05) is 16.9 Å². The Morgan fingerprint density at radius 1 is 0.917 bits per heavy atom. The van der Waals surface area contributed by atoms with Gasteiger partial charge in [0.25, 0.3) is 0 Å². The van der Waals surface area contributed by atoms with E-state index in [-0.39, 0.29) is 0 Å². The summed E-state index contributed by atoms with van der Waals surface area (Å²) >= 11 is 6.23. The van der Waals surface area contributed by atoms with Gasteiger partial charge >= 0.3 is 0 Å². The molecule has 0 spiro atoms. The second-order valence-corrected chi connectivity index (χ2v) is 9.89. The number of aromatic nitrogens is 3. The highest BCUT2D eigenvalue weighted by Crippen LogP contribution is 2.31. The van der Waals surface area contributed by atoms with Gasteiger partial charge in [-0.1, -0.05) is 43.0 Å². The highest BCUT2D eigenvalue weighted by Gasteiger charge is 2.18. The van der Waals surface area contributed by atoms with Gasteiger partial charge in [-0.2, -0.15) is 0 Å². The zero-order valence-electron chi connectivity index (χ0n) is 20.3. The summed E-state index contributed by atoms with van der Waals surface area (Å²) in [6, 6.07) is 24.9. The minimum absolute atomic E-state index is 0.337. The SMILES string of the molecule is Cc1ncccc1Nc1cc2nc3ccccc3n(-c3ccc(Cl)cc3)c-2cc1=NC1CCCCC1. The van der Waals surface area contributed by atoms with Crippen LogP contribution in [0.25, 0.3) is 28.1 Å². The molecule has 3 aliphatic rings. The maximum atomic E-state index is 6.23. The van der Waals surface area contributed by atoms with Crippen molar-refractivity contribution >= 4 is 34.0 Å². The van der Waals surface area contributed by atoms with Gasteiger partial charge in [-0.05, 0) is 80.4 Å². The number of anilines is 2. The predicted octanol–water partition coefficient (Wildman–Crippen LogP) is 7.46. The summed E-state index contributed by atoms with van der Waals surface area (Å²) in [7, 11) is 0. The Bertz CT molecular complexity index is 1570. The number of nitrogens with zero attached hydrogens (tertiary/aromatic N) is 4. The van der Waals surface area contributed by atoms with Crippen molar-refractivity contribution in [3.63, 3.8) is 0 Å². The number of para-hydroxylation sites is 2. The fourth-order valence-corrected chi connectivity index (χ4v) is 5.21. The molecule has 0 amide bonds. The lowest BCUT2D eigenvalue weighted by atomic mass is 9.96. The molecule has 0 atom stereocenters. The highest BCUT2D eigenvalue weighted by atomic mass is 35.5. The van der Waals surface area contributed by atoms with E-state index in [1.165, 1.54) is 19.3 Å². The Hall–Kier alpha value is -3.70. The van der Waals surface area contributed by atoms with Crippen LogP contribution in [0.15, 0.2) is 84.0 Å². The second-order valence-electron chi connectivity index (χ2n) is 9.45. The van der Waals surface area contributed by atoms with Crippen molar-refractivity contribution in [2.24, 2.45) is 4.99 Å². The lowest BCUT2D eigenvalue weighted by Gasteiger charge is -2.22. The average molecular weight is 494 g/mol. The molecular formula is C30H28ClN5. The molecule has 0 saturated heterocycles. The zero-order valence-corrected chi connectivity index (χ0v) is 21.0. The first kappa shape index (κ1) is 22.7. The first-order valence-electron chi connectivity index (χ1n) is 12.6. The quantitative estimate of drug-likeness (QED) is 0.264. The Kier molecular flexibility index (Phi) is 6.16. The van der Waals surface area contributed by atoms with Gasteiger partial charge in [-0.3, -0.25) is 9.98 Å². The molecule has 0 radical (unpaired) electrons. The summed E-state index contributed by atoms with van der Waals surface area (Å²) < 4.78 is 2.26. The second kappa shape index (κ2) is 9.75. The van der Waals surface area contributed by atoms with E-state index in [2.05, 4.69) is 63.4 Å². The van der Waals surface area contributed by atoms with Crippen LogP contribution in [-0.4, -0.2) is 20.6 Å². The Balaban J connectivity index is 1.63.